The third-order valence-electron chi connectivity index (χ3n) is 2.41. The van der Waals surface area contributed by atoms with E-state index in [9.17, 15) is 13.2 Å². The normalized spacial score (nSPS) is 18.9. The lowest BCUT2D eigenvalue weighted by molar-refractivity contribution is -0.462. The zero-order chi connectivity index (χ0) is 15.6. The summed E-state index contributed by atoms with van der Waals surface area (Å²) in [6, 6.07) is 0. The summed E-state index contributed by atoms with van der Waals surface area (Å²) in [5.41, 5.74) is 0.137. The van der Waals surface area contributed by atoms with Crippen molar-refractivity contribution in [2.24, 2.45) is 0 Å². The third-order valence-corrected chi connectivity index (χ3v) is 3.89. The second-order valence-electron chi connectivity index (χ2n) is 5.65. The number of hydrogen-bond donors (Lipinski definition) is 1. The molecule has 0 spiro atoms. The Morgan fingerprint density at radius 1 is 1.25 bits per heavy atom. The summed E-state index contributed by atoms with van der Waals surface area (Å²) in [7, 11) is -0.116. The Morgan fingerprint density at radius 2 is 1.75 bits per heavy atom. The van der Waals surface area contributed by atoms with Gasteiger partial charge in [-0.15, -0.1) is 0 Å². The molecule has 7 heteroatoms. The molecule has 0 aromatic carbocycles. The maximum Gasteiger partial charge on any atom is 0.421 e. The van der Waals surface area contributed by atoms with Crippen LogP contribution in [0.3, 0.4) is 0 Å². The van der Waals surface area contributed by atoms with Gasteiger partial charge >= 0.3 is 6.09 Å². The Morgan fingerprint density at radius 3 is 2.15 bits per heavy atom. The molecule has 0 saturated carbocycles. The summed E-state index contributed by atoms with van der Waals surface area (Å²) in [5, 5.41) is -0.890. The van der Waals surface area contributed by atoms with E-state index in [0.717, 1.165) is 5.71 Å². The molecule has 1 rings (SSSR count). The summed E-state index contributed by atoms with van der Waals surface area (Å²) in [4.78, 5) is 11.5. The van der Waals surface area contributed by atoms with E-state index in [1.165, 1.54) is 12.2 Å². The molecule has 0 bridgehead atoms. The minimum absolute atomic E-state index is 0.746. The van der Waals surface area contributed by atoms with Crippen molar-refractivity contribution in [3.8, 4) is 0 Å². The van der Waals surface area contributed by atoms with Gasteiger partial charge in [0.2, 0.25) is 10.0 Å². The van der Waals surface area contributed by atoms with Crippen molar-refractivity contribution < 1.29 is 22.5 Å². The third kappa shape index (κ3) is 4.80. The largest absolute Gasteiger partial charge is 0.443 e. The molecule has 0 fully saturated rings. The topological polar surface area (TPSA) is 75.5 Å². The van der Waals surface area contributed by atoms with Crippen molar-refractivity contribution >= 4 is 21.8 Å². The highest BCUT2D eigenvalue weighted by Gasteiger charge is 2.27. The molecule has 1 aliphatic rings. The Bertz CT molecular complexity index is 560. The molecule has 0 unspecified atom stereocenters. The van der Waals surface area contributed by atoms with Crippen LogP contribution in [-0.2, 0) is 14.8 Å². The van der Waals surface area contributed by atoms with Gasteiger partial charge in [0, 0.05) is 12.2 Å². The summed E-state index contributed by atoms with van der Waals surface area (Å²) in [6.45, 7) is 4.99. The van der Waals surface area contributed by atoms with Gasteiger partial charge in [-0.3, -0.25) is 0 Å². The predicted octanol–water partition coefficient (Wildman–Crippen LogP) is 1.05. The molecule has 0 aromatic heterocycles. The van der Waals surface area contributed by atoms with Crippen molar-refractivity contribution in [2.75, 3.05) is 14.1 Å². The molecule has 6 nitrogen and oxygen atoms in total. The van der Waals surface area contributed by atoms with Crippen LogP contribution in [0.1, 0.15) is 20.8 Å². The maximum atomic E-state index is 12.0. The Hall–Kier alpha value is -1.63. The summed E-state index contributed by atoms with van der Waals surface area (Å²) in [6.07, 6.45) is 5.45. The highest BCUT2D eigenvalue weighted by Crippen LogP contribution is 2.11. The molecule has 0 heterocycles. The number of sulfonamides is 1. The van der Waals surface area contributed by atoms with Crippen LogP contribution in [0.25, 0.3) is 0 Å². The monoisotopic (exact) mass is 301 g/mol. The van der Waals surface area contributed by atoms with E-state index in [1.807, 2.05) is 23.4 Å². The van der Waals surface area contributed by atoms with Crippen molar-refractivity contribution in [1.82, 2.24) is 4.72 Å². The van der Waals surface area contributed by atoms with Gasteiger partial charge in [-0.25, -0.2) is 22.5 Å². The van der Waals surface area contributed by atoms with Gasteiger partial charge < -0.3 is 4.74 Å². The fraction of sp³-hybridized carbons (Fsp3) is 0.538. The fourth-order valence-electron chi connectivity index (χ4n) is 1.49. The first-order chi connectivity index (χ1) is 9.01. The summed E-state index contributed by atoms with van der Waals surface area (Å²) >= 11 is 0. The van der Waals surface area contributed by atoms with Crippen LogP contribution < -0.4 is 4.72 Å². The molecular formula is C13H21N2O4S+. The lowest BCUT2D eigenvalue weighted by atomic mass is 10.2. The minimum atomic E-state index is -3.83. The number of nitrogens with zero attached hydrogens (tertiary/aromatic N) is 1. The number of hydrogen-bond acceptors (Lipinski definition) is 4. The SMILES string of the molecule is C[N+](C)=C1C=CC(S(=O)(=O)NC(=O)OC(C)(C)C)C=C1. The minimum Gasteiger partial charge on any atom is -0.443 e. The molecule has 1 amide bonds. The molecule has 20 heavy (non-hydrogen) atoms. The Labute approximate surface area is 119 Å². The van der Waals surface area contributed by atoms with E-state index in [1.54, 1.807) is 32.9 Å². The van der Waals surface area contributed by atoms with E-state index >= 15 is 0 Å². The van der Waals surface area contributed by atoms with Crippen LogP contribution in [0.4, 0.5) is 4.79 Å². The maximum absolute atomic E-state index is 12.0. The Balaban J connectivity index is 2.78. The van der Waals surface area contributed by atoms with E-state index in [2.05, 4.69) is 0 Å². The van der Waals surface area contributed by atoms with Gasteiger partial charge in [0.05, 0.1) is 0 Å². The quantitative estimate of drug-likeness (QED) is 0.774. The molecule has 1 aliphatic carbocycles. The number of carbonyl (C=O) groups is 1. The summed E-state index contributed by atoms with van der Waals surface area (Å²) < 4.78 is 32.7. The number of carbonyl (C=O) groups excluding carboxylic acids is 1. The van der Waals surface area contributed by atoms with Gasteiger partial charge in [0.25, 0.3) is 0 Å². The van der Waals surface area contributed by atoms with Crippen LogP contribution in [0, 0.1) is 0 Å². The fourth-order valence-corrected chi connectivity index (χ4v) is 2.48. The van der Waals surface area contributed by atoms with Crippen LogP contribution in [0.2, 0.25) is 0 Å². The highest BCUT2D eigenvalue weighted by atomic mass is 32.2. The van der Waals surface area contributed by atoms with Gasteiger partial charge in [-0.1, -0.05) is 12.2 Å². The zero-order valence-corrected chi connectivity index (χ0v) is 13.2. The molecule has 0 saturated heterocycles. The lowest BCUT2D eigenvalue weighted by Gasteiger charge is -2.20. The first-order valence-corrected chi connectivity index (χ1v) is 7.71. The molecule has 0 aromatic rings. The van der Waals surface area contributed by atoms with Crippen LogP contribution in [0.5, 0.6) is 0 Å². The molecular weight excluding hydrogens is 280 g/mol. The number of nitrogens with one attached hydrogen (secondary N) is 1. The first kappa shape index (κ1) is 16.4. The molecule has 0 aliphatic heterocycles. The van der Waals surface area contributed by atoms with Gasteiger partial charge in [0.1, 0.15) is 24.9 Å². The average molecular weight is 301 g/mol. The standard InChI is InChI=1S/C13H20N2O4S/c1-13(2,3)19-12(16)14-20(17,18)11-8-6-10(7-9-11)15(4)5/h6-9,11H,1-5H3/p+1. The smallest absolute Gasteiger partial charge is 0.421 e. The second kappa shape index (κ2) is 5.78. The lowest BCUT2D eigenvalue weighted by Crippen LogP contribution is -2.40. The van der Waals surface area contributed by atoms with Gasteiger partial charge in [0.15, 0.2) is 5.71 Å². The van der Waals surface area contributed by atoms with Gasteiger partial charge in [-0.2, -0.15) is 0 Å². The second-order valence-corrected chi connectivity index (χ2v) is 7.49. The van der Waals surface area contributed by atoms with Crippen molar-refractivity contribution in [1.29, 1.82) is 0 Å². The van der Waals surface area contributed by atoms with E-state index in [0.29, 0.717) is 0 Å². The van der Waals surface area contributed by atoms with Gasteiger partial charge in [-0.05, 0) is 20.8 Å². The van der Waals surface area contributed by atoms with E-state index in [4.69, 9.17) is 4.74 Å². The van der Waals surface area contributed by atoms with Crippen molar-refractivity contribution in [2.45, 2.75) is 31.6 Å². The number of ether oxygens (including phenoxy) is 1. The summed E-state index contributed by atoms with van der Waals surface area (Å²) in [5.74, 6) is 0. The zero-order valence-electron chi connectivity index (χ0n) is 12.4. The number of rotatable bonds is 2. The molecule has 1 N–H and O–H groups in total. The average Bonchev–Trinajstić information content (AvgIpc) is 2.25. The predicted molar refractivity (Wildman–Crippen MR) is 77.5 cm³/mol. The number of amides is 1. The van der Waals surface area contributed by atoms with Crippen LogP contribution >= 0.6 is 0 Å². The highest BCUT2D eigenvalue weighted by molar-refractivity contribution is 7.91. The van der Waals surface area contributed by atoms with Crippen LogP contribution in [-0.4, -0.2) is 49.7 Å². The Kier molecular flexibility index (Phi) is 4.75. The van der Waals surface area contributed by atoms with Crippen LogP contribution in [0.15, 0.2) is 24.3 Å². The molecule has 0 radical (unpaired) electrons. The number of allylic oxidation sites excluding steroid dienone is 2. The molecule has 0 atom stereocenters. The van der Waals surface area contributed by atoms with Crippen molar-refractivity contribution in [3.05, 3.63) is 24.3 Å². The van der Waals surface area contributed by atoms with E-state index in [-0.39, 0.29) is 0 Å². The first-order valence-electron chi connectivity index (χ1n) is 6.16. The van der Waals surface area contributed by atoms with E-state index < -0.39 is 27.0 Å². The van der Waals surface area contributed by atoms with Crippen molar-refractivity contribution in [3.63, 3.8) is 0 Å². The molecule has 112 valence electrons.